The maximum absolute atomic E-state index is 11.0. The van der Waals surface area contributed by atoms with E-state index >= 15 is 0 Å². The lowest BCUT2D eigenvalue weighted by molar-refractivity contribution is -0.386. The average molecular weight is 322 g/mol. The summed E-state index contributed by atoms with van der Waals surface area (Å²) in [4.78, 5) is 21.1. The second-order valence-corrected chi connectivity index (χ2v) is 3.79. The van der Waals surface area contributed by atoms with Gasteiger partial charge in [-0.05, 0) is 28.7 Å². The van der Waals surface area contributed by atoms with Crippen molar-refractivity contribution >= 4 is 34.2 Å². The van der Waals surface area contributed by atoms with Crippen LogP contribution in [0.1, 0.15) is 10.4 Å². The molecule has 1 aromatic rings. The lowest BCUT2D eigenvalue weighted by Crippen LogP contribution is -2.14. The number of nitro groups is 1. The molecule has 0 saturated heterocycles. The van der Waals surface area contributed by atoms with Crippen molar-refractivity contribution in [2.75, 3.05) is 7.11 Å². The SMILES string of the molecule is COc1cc(I)c([N+](=O)[O-])c(C(N)=O)c1. The number of carbonyl (C=O) groups excluding carboxylic acids is 1. The van der Waals surface area contributed by atoms with E-state index < -0.39 is 10.8 Å². The van der Waals surface area contributed by atoms with Crippen molar-refractivity contribution in [2.24, 2.45) is 5.73 Å². The number of ether oxygens (including phenoxy) is 1. The highest BCUT2D eigenvalue weighted by molar-refractivity contribution is 14.1. The molecule has 6 nitrogen and oxygen atoms in total. The number of hydrogen-bond donors (Lipinski definition) is 1. The molecule has 1 amide bonds. The van der Waals surface area contributed by atoms with Gasteiger partial charge in [0, 0.05) is 6.07 Å². The van der Waals surface area contributed by atoms with Gasteiger partial charge < -0.3 is 10.5 Å². The van der Waals surface area contributed by atoms with Gasteiger partial charge in [0.05, 0.1) is 15.6 Å². The van der Waals surface area contributed by atoms with Crippen LogP contribution in [-0.4, -0.2) is 17.9 Å². The van der Waals surface area contributed by atoms with Crippen LogP contribution in [0.3, 0.4) is 0 Å². The van der Waals surface area contributed by atoms with Gasteiger partial charge in [-0.2, -0.15) is 0 Å². The Morgan fingerprint density at radius 3 is 2.60 bits per heavy atom. The number of nitro benzene ring substituents is 1. The van der Waals surface area contributed by atoms with Crippen LogP contribution in [0.5, 0.6) is 5.75 Å². The van der Waals surface area contributed by atoms with Gasteiger partial charge in [0.25, 0.3) is 11.6 Å². The van der Waals surface area contributed by atoms with Crippen molar-refractivity contribution in [3.05, 3.63) is 31.4 Å². The highest BCUT2D eigenvalue weighted by Crippen LogP contribution is 2.29. The molecule has 0 bridgehead atoms. The molecule has 0 aliphatic rings. The topological polar surface area (TPSA) is 95.5 Å². The number of halogens is 1. The Hall–Kier alpha value is -1.38. The Morgan fingerprint density at radius 2 is 2.20 bits per heavy atom. The van der Waals surface area contributed by atoms with Gasteiger partial charge in [-0.3, -0.25) is 14.9 Å². The smallest absolute Gasteiger partial charge is 0.295 e. The van der Waals surface area contributed by atoms with Crippen LogP contribution in [0.4, 0.5) is 5.69 Å². The first-order chi connectivity index (χ1) is 6.97. The third kappa shape index (κ3) is 2.35. The molecule has 1 rings (SSSR count). The predicted octanol–water partition coefficient (Wildman–Crippen LogP) is 1.31. The summed E-state index contributed by atoms with van der Waals surface area (Å²) in [5.74, 6) is -0.489. The van der Waals surface area contributed by atoms with E-state index in [0.717, 1.165) is 0 Å². The summed E-state index contributed by atoms with van der Waals surface area (Å²) in [5, 5.41) is 10.7. The zero-order valence-corrected chi connectivity index (χ0v) is 9.85. The molecule has 0 aliphatic carbocycles. The maximum atomic E-state index is 11.0. The Bertz CT molecular complexity index is 433. The molecular weight excluding hydrogens is 315 g/mol. The molecule has 0 saturated carbocycles. The normalized spacial score (nSPS) is 9.73. The maximum Gasteiger partial charge on any atom is 0.295 e. The van der Waals surface area contributed by atoms with E-state index in [-0.39, 0.29) is 11.3 Å². The van der Waals surface area contributed by atoms with Crippen LogP contribution in [0, 0.1) is 13.7 Å². The fourth-order valence-corrected chi connectivity index (χ4v) is 1.86. The van der Waals surface area contributed by atoms with Crippen LogP contribution >= 0.6 is 22.6 Å². The fourth-order valence-electron chi connectivity index (χ4n) is 1.07. The van der Waals surface area contributed by atoms with E-state index in [1.807, 2.05) is 0 Å². The molecule has 80 valence electrons. The van der Waals surface area contributed by atoms with Crippen LogP contribution in [0.15, 0.2) is 12.1 Å². The highest BCUT2D eigenvalue weighted by atomic mass is 127. The molecule has 0 radical (unpaired) electrons. The first kappa shape index (κ1) is 11.7. The molecule has 15 heavy (non-hydrogen) atoms. The van der Waals surface area contributed by atoms with Crippen LogP contribution < -0.4 is 10.5 Å². The van der Waals surface area contributed by atoms with Gasteiger partial charge in [-0.1, -0.05) is 0 Å². The Labute approximate surface area is 98.7 Å². The van der Waals surface area contributed by atoms with Gasteiger partial charge in [-0.25, -0.2) is 0 Å². The molecule has 0 aromatic heterocycles. The molecule has 0 aliphatic heterocycles. The molecule has 1 aromatic carbocycles. The molecule has 7 heteroatoms. The third-order valence-corrected chi connectivity index (χ3v) is 2.54. The number of benzene rings is 1. The summed E-state index contributed by atoms with van der Waals surface area (Å²) in [7, 11) is 1.40. The minimum atomic E-state index is -0.849. The van der Waals surface area contributed by atoms with E-state index in [2.05, 4.69) is 0 Å². The summed E-state index contributed by atoms with van der Waals surface area (Å²) in [5.41, 5.74) is 4.61. The van der Waals surface area contributed by atoms with Crippen molar-refractivity contribution in [2.45, 2.75) is 0 Å². The minimum absolute atomic E-state index is 0.149. The first-order valence-corrected chi connectivity index (χ1v) is 4.87. The second kappa shape index (κ2) is 4.43. The van der Waals surface area contributed by atoms with Crippen molar-refractivity contribution in [1.29, 1.82) is 0 Å². The first-order valence-electron chi connectivity index (χ1n) is 3.79. The van der Waals surface area contributed by atoms with E-state index in [9.17, 15) is 14.9 Å². The van der Waals surface area contributed by atoms with Crippen molar-refractivity contribution in [1.82, 2.24) is 0 Å². The molecule has 0 heterocycles. The van der Waals surface area contributed by atoms with Gasteiger partial charge >= 0.3 is 0 Å². The van der Waals surface area contributed by atoms with Crippen LogP contribution in [0.2, 0.25) is 0 Å². The number of nitrogens with zero attached hydrogens (tertiary/aromatic N) is 1. The second-order valence-electron chi connectivity index (χ2n) is 2.63. The van der Waals surface area contributed by atoms with Crippen molar-refractivity contribution in [3.8, 4) is 5.75 Å². The van der Waals surface area contributed by atoms with Gasteiger partial charge in [-0.15, -0.1) is 0 Å². The van der Waals surface area contributed by atoms with Gasteiger partial charge in [0.15, 0.2) is 0 Å². The van der Waals surface area contributed by atoms with Crippen molar-refractivity contribution < 1.29 is 14.5 Å². The summed E-state index contributed by atoms with van der Waals surface area (Å²) in [6, 6.07) is 2.72. The van der Waals surface area contributed by atoms with Gasteiger partial charge in [0.1, 0.15) is 11.3 Å². The van der Waals surface area contributed by atoms with Gasteiger partial charge in [0.2, 0.25) is 0 Å². The number of nitrogens with two attached hydrogens (primary N) is 1. The number of carbonyl (C=O) groups is 1. The predicted molar refractivity (Wildman–Crippen MR) is 60.9 cm³/mol. The standard InChI is InChI=1S/C8H7IN2O4/c1-15-4-2-5(8(10)12)7(11(13)14)6(9)3-4/h2-3H,1H3,(H2,10,12). The van der Waals surface area contributed by atoms with Crippen molar-refractivity contribution in [3.63, 3.8) is 0 Å². The van der Waals surface area contributed by atoms with E-state index in [0.29, 0.717) is 9.32 Å². The molecule has 0 unspecified atom stereocenters. The molecule has 0 atom stereocenters. The Kier molecular flexibility index (Phi) is 3.45. The Balaban J connectivity index is 3.49. The van der Waals surface area contributed by atoms with E-state index in [4.69, 9.17) is 10.5 Å². The number of rotatable bonds is 3. The molecular formula is C8H7IN2O4. The quantitative estimate of drug-likeness (QED) is 0.515. The lowest BCUT2D eigenvalue weighted by atomic mass is 10.1. The average Bonchev–Trinajstić information content (AvgIpc) is 2.15. The molecule has 0 fully saturated rings. The van der Waals surface area contributed by atoms with Crippen LogP contribution in [0.25, 0.3) is 0 Å². The summed E-state index contributed by atoms with van der Waals surface area (Å²) >= 11 is 1.75. The summed E-state index contributed by atoms with van der Waals surface area (Å²) in [6.45, 7) is 0. The number of methoxy groups -OCH3 is 1. The minimum Gasteiger partial charge on any atom is -0.497 e. The van der Waals surface area contributed by atoms with E-state index in [1.165, 1.54) is 19.2 Å². The van der Waals surface area contributed by atoms with Crippen LogP contribution in [-0.2, 0) is 0 Å². The largest absolute Gasteiger partial charge is 0.497 e. The monoisotopic (exact) mass is 322 g/mol. The molecule has 0 spiro atoms. The summed E-state index contributed by atoms with van der Waals surface area (Å²) in [6.07, 6.45) is 0. The number of amides is 1. The fraction of sp³-hybridized carbons (Fsp3) is 0.125. The number of hydrogen-bond acceptors (Lipinski definition) is 4. The zero-order valence-electron chi connectivity index (χ0n) is 7.69. The Morgan fingerprint density at radius 1 is 1.60 bits per heavy atom. The van der Waals surface area contributed by atoms with E-state index in [1.54, 1.807) is 22.6 Å². The molecule has 2 N–H and O–H groups in total. The zero-order chi connectivity index (χ0) is 11.6. The summed E-state index contributed by atoms with van der Waals surface area (Å²) < 4.78 is 5.20. The third-order valence-electron chi connectivity index (χ3n) is 1.72. The lowest BCUT2D eigenvalue weighted by Gasteiger charge is -2.04. The number of primary amides is 1. The highest BCUT2D eigenvalue weighted by Gasteiger charge is 2.23.